The number of nitrogens with one attached hydrogen (secondary N) is 1. The Bertz CT molecular complexity index is 814. The van der Waals surface area contributed by atoms with Crippen molar-refractivity contribution in [3.8, 4) is 0 Å². The van der Waals surface area contributed by atoms with Gasteiger partial charge < -0.3 is 0 Å². The number of aromatic amines is 1. The van der Waals surface area contributed by atoms with Gasteiger partial charge in [-0.1, -0.05) is 205 Å². The Morgan fingerprint density at radius 2 is 0.909 bits per heavy atom. The molecule has 252 valence electrons. The van der Waals surface area contributed by atoms with Gasteiger partial charge in [-0.15, -0.1) is 0 Å². The predicted molar refractivity (Wildman–Crippen MR) is 194 cm³/mol. The highest BCUT2D eigenvalue weighted by atomic mass is 15.1. The van der Waals surface area contributed by atoms with E-state index >= 15 is 0 Å². The van der Waals surface area contributed by atoms with Gasteiger partial charge in [-0.2, -0.15) is 0 Å². The molecule has 1 aromatic carbocycles. The van der Waals surface area contributed by atoms with Gasteiger partial charge in [-0.25, -0.2) is 4.57 Å². The van der Waals surface area contributed by atoms with E-state index in [0.717, 1.165) is 0 Å². The molecule has 0 bridgehead atoms. The van der Waals surface area contributed by atoms with E-state index < -0.39 is 0 Å². The van der Waals surface area contributed by atoms with E-state index in [1.165, 1.54) is 192 Å². The fourth-order valence-electron chi connectivity index (χ4n) is 7.28. The van der Waals surface area contributed by atoms with Crippen LogP contribution < -0.4 is 4.57 Å². The van der Waals surface area contributed by atoms with Gasteiger partial charge in [-0.3, -0.25) is 4.98 Å². The number of H-pyrrole nitrogens is 1. The molecule has 1 heterocycles. The molecule has 2 heteroatoms. The lowest BCUT2D eigenvalue weighted by molar-refractivity contribution is -0.730. The molecule has 0 saturated carbocycles. The summed E-state index contributed by atoms with van der Waals surface area (Å²) in [5.41, 5.74) is 1.51. The van der Waals surface area contributed by atoms with Crippen LogP contribution in [0.5, 0.6) is 0 Å². The second-order valence-corrected chi connectivity index (χ2v) is 14.1. The van der Waals surface area contributed by atoms with Crippen molar-refractivity contribution < 1.29 is 4.57 Å². The molecule has 1 aromatic heterocycles. The molecule has 0 spiro atoms. The van der Waals surface area contributed by atoms with Crippen LogP contribution in [0.1, 0.15) is 205 Å². The zero-order chi connectivity index (χ0) is 31.2. The summed E-state index contributed by atoms with van der Waals surface area (Å²) in [5, 5.41) is 0. The third-order valence-electron chi connectivity index (χ3n) is 10.1. The van der Waals surface area contributed by atoms with Gasteiger partial charge in [0.25, 0.3) is 0 Å². The van der Waals surface area contributed by atoms with E-state index in [1.807, 2.05) is 0 Å². The monoisotopic (exact) mass is 608 g/mol. The molecule has 2 rings (SSSR count). The van der Waals surface area contributed by atoms with Crippen LogP contribution >= 0.6 is 0 Å². The van der Waals surface area contributed by atoms with E-state index in [4.69, 9.17) is 0 Å². The van der Waals surface area contributed by atoms with Crippen molar-refractivity contribution >= 4 is 0 Å². The van der Waals surface area contributed by atoms with Crippen LogP contribution in [0.3, 0.4) is 0 Å². The van der Waals surface area contributed by atoms with Crippen LogP contribution in [-0.4, -0.2) is 4.98 Å². The number of imidazole rings is 1. The molecule has 2 unspecified atom stereocenters. The zero-order valence-electron chi connectivity index (χ0n) is 29.7. The summed E-state index contributed by atoms with van der Waals surface area (Å²) in [6, 6.07) is 11.9. The SMILES string of the molecule is CCCCCCCCCCCCCCCCCCCC(Cc1ccccc1)C(CCCCCCCCCCC)[n+]1cc[nH]c1. The number of hydrogen-bond acceptors (Lipinski definition) is 0. The molecule has 2 aromatic rings. The van der Waals surface area contributed by atoms with Crippen molar-refractivity contribution in [3.63, 3.8) is 0 Å². The molecule has 44 heavy (non-hydrogen) atoms. The molecule has 2 nitrogen and oxygen atoms in total. The van der Waals surface area contributed by atoms with E-state index in [2.05, 4.69) is 72.5 Å². The molecule has 0 aliphatic rings. The van der Waals surface area contributed by atoms with Gasteiger partial charge in [-0.05, 0) is 31.2 Å². The van der Waals surface area contributed by atoms with Crippen molar-refractivity contribution in [1.82, 2.24) is 4.98 Å². The molecular weight excluding hydrogens is 532 g/mol. The largest absolute Gasteiger partial charge is 0.250 e. The molecule has 0 saturated heterocycles. The maximum absolute atomic E-state index is 3.35. The third-order valence-corrected chi connectivity index (χ3v) is 10.1. The number of unbranched alkanes of at least 4 members (excludes halogenated alkanes) is 24. The molecule has 2 atom stereocenters. The average molecular weight is 608 g/mol. The fourth-order valence-corrected chi connectivity index (χ4v) is 7.28. The molecule has 0 amide bonds. The summed E-state index contributed by atoms with van der Waals surface area (Å²) in [6.45, 7) is 4.62. The highest BCUT2D eigenvalue weighted by Gasteiger charge is 2.26. The van der Waals surface area contributed by atoms with Gasteiger partial charge in [0.2, 0.25) is 6.33 Å². The fraction of sp³-hybridized carbons (Fsp3) is 0.786. The van der Waals surface area contributed by atoms with Crippen LogP contribution in [-0.2, 0) is 6.42 Å². The topological polar surface area (TPSA) is 19.7 Å². The van der Waals surface area contributed by atoms with E-state index in [9.17, 15) is 0 Å². The lowest BCUT2D eigenvalue weighted by atomic mass is 9.84. The smallest absolute Gasteiger partial charge is 0.241 e. The Morgan fingerprint density at radius 1 is 0.500 bits per heavy atom. The first-order valence-corrected chi connectivity index (χ1v) is 19.9. The first-order chi connectivity index (χ1) is 21.8. The minimum absolute atomic E-state index is 0.604. The van der Waals surface area contributed by atoms with E-state index in [-0.39, 0.29) is 0 Å². The summed E-state index contributed by atoms with van der Waals surface area (Å²) in [7, 11) is 0. The normalized spacial score (nSPS) is 13.0. The molecule has 0 aliphatic heterocycles. The summed E-state index contributed by atoms with van der Waals surface area (Å²) in [6.07, 6.45) is 47.7. The molecule has 0 aliphatic carbocycles. The van der Waals surface area contributed by atoms with E-state index in [0.29, 0.717) is 12.0 Å². The van der Waals surface area contributed by atoms with Gasteiger partial charge >= 0.3 is 0 Å². The van der Waals surface area contributed by atoms with Gasteiger partial charge in [0.15, 0.2) is 0 Å². The average Bonchev–Trinajstić information content (AvgIpc) is 3.58. The number of hydrogen-bond donors (Lipinski definition) is 1. The van der Waals surface area contributed by atoms with Crippen LogP contribution in [0.25, 0.3) is 0 Å². The van der Waals surface area contributed by atoms with Crippen LogP contribution in [0, 0.1) is 5.92 Å². The van der Waals surface area contributed by atoms with Crippen molar-refractivity contribution in [3.05, 3.63) is 54.6 Å². The summed E-state index contributed by atoms with van der Waals surface area (Å²) < 4.78 is 2.51. The van der Waals surface area contributed by atoms with E-state index in [1.54, 1.807) is 0 Å². The first-order valence-electron chi connectivity index (χ1n) is 19.9. The Balaban J connectivity index is 1.64. The predicted octanol–water partition coefficient (Wildman–Crippen LogP) is 13.7. The van der Waals surface area contributed by atoms with Crippen molar-refractivity contribution in [1.29, 1.82) is 0 Å². The number of rotatable bonds is 32. The second kappa shape index (κ2) is 28.9. The van der Waals surface area contributed by atoms with Crippen molar-refractivity contribution in [2.45, 2.75) is 206 Å². The minimum atomic E-state index is 0.604. The van der Waals surface area contributed by atoms with Crippen LogP contribution in [0.2, 0.25) is 0 Å². The van der Waals surface area contributed by atoms with Gasteiger partial charge in [0, 0.05) is 5.92 Å². The molecular formula is C42H75N2+. The summed E-state index contributed by atoms with van der Waals surface area (Å²) in [5.74, 6) is 0.712. The number of benzene rings is 1. The van der Waals surface area contributed by atoms with Gasteiger partial charge in [0.05, 0.1) is 0 Å². The molecule has 0 fully saturated rings. The number of nitrogens with zero attached hydrogens (tertiary/aromatic N) is 1. The van der Waals surface area contributed by atoms with Crippen molar-refractivity contribution in [2.75, 3.05) is 0 Å². The lowest BCUT2D eigenvalue weighted by Crippen LogP contribution is -2.42. The Morgan fingerprint density at radius 3 is 1.32 bits per heavy atom. The maximum atomic E-state index is 3.35. The first kappa shape index (κ1) is 38.6. The lowest BCUT2D eigenvalue weighted by Gasteiger charge is -2.25. The second-order valence-electron chi connectivity index (χ2n) is 14.1. The number of aromatic nitrogens is 2. The minimum Gasteiger partial charge on any atom is -0.250 e. The van der Waals surface area contributed by atoms with Crippen molar-refractivity contribution in [2.24, 2.45) is 5.92 Å². The summed E-state index contributed by atoms with van der Waals surface area (Å²) in [4.78, 5) is 3.35. The molecule has 1 N–H and O–H groups in total. The van der Waals surface area contributed by atoms with Crippen LogP contribution in [0.15, 0.2) is 49.1 Å². The standard InChI is InChI=1S/C42H74N2/c1-3-5-7-9-11-13-14-15-16-17-18-19-20-22-23-25-30-34-41(38-40-32-28-27-29-33-40)42(44-37-36-43-39-44)35-31-26-24-21-12-10-8-6-4-2/h27-29,32-33,36-37,39,41-42H,3-26,30-31,34-35,38H2,1-2H3/p+1. The third kappa shape index (κ3) is 20.5. The Hall–Kier alpha value is -1.57. The highest BCUT2D eigenvalue weighted by molar-refractivity contribution is 5.15. The zero-order valence-corrected chi connectivity index (χ0v) is 29.7. The summed E-state index contributed by atoms with van der Waals surface area (Å²) >= 11 is 0. The quantitative estimate of drug-likeness (QED) is 0.0630. The van der Waals surface area contributed by atoms with Crippen LogP contribution in [0.4, 0.5) is 0 Å². The highest BCUT2D eigenvalue weighted by Crippen LogP contribution is 2.29. The molecule has 0 radical (unpaired) electrons. The Labute approximate surface area is 275 Å². The Kier molecular flexibility index (Phi) is 25.3. The maximum Gasteiger partial charge on any atom is 0.241 e. The van der Waals surface area contributed by atoms with Gasteiger partial charge in [0.1, 0.15) is 18.4 Å².